The van der Waals surface area contributed by atoms with Crippen LogP contribution in [0.5, 0.6) is 0 Å². The first kappa shape index (κ1) is 30.2. The molecule has 0 aliphatic rings. The fraction of sp³-hybridized carbons (Fsp3) is 0.765. The summed E-state index contributed by atoms with van der Waals surface area (Å²) in [6.07, 6.45) is 1.40. The average molecular weight is 594 g/mol. The van der Waals surface area contributed by atoms with Crippen LogP contribution in [-0.2, 0) is 23.0 Å². The van der Waals surface area contributed by atoms with E-state index in [1.165, 1.54) is 0 Å². The van der Waals surface area contributed by atoms with Crippen molar-refractivity contribution < 1.29 is 19.3 Å². The van der Waals surface area contributed by atoms with Crippen LogP contribution in [-0.4, -0.2) is 61.5 Å². The van der Waals surface area contributed by atoms with E-state index in [9.17, 15) is 4.79 Å². The van der Waals surface area contributed by atoms with Crippen molar-refractivity contribution in [3.63, 3.8) is 0 Å². The third kappa shape index (κ3) is 14.1. The van der Waals surface area contributed by atoms with Crippen molar-refractivity contribution in [2.75, 3.05) is 26.0 Å². The quantitative estimate of drug-likeness (QED) is 0.363. The molecule has 1 aromatic heterocycles. The van der Waals surface area contributed by atoms with Crippen LogP contribution in [0.3, 0.4) is 0 Å². The Labute approximate surface area is 196 Å². The topological polar surface area (TPSA) is 76.8 Å². The molecule has 0 spiro atoms. The molecular formula is C17H34BBrIN3O4S. The van der Waals surface area contributed by atoms with Crippen LogP contribution in [0.4, 0.5) is 4.79 Å². The maximum absolute atomic E-state index is 12.5. The maximum atomic E-state index is 12.5. The molecule has 1 heterocycles. The lowest BCUT2D eigenvalue weighted by Gasteiger charge is -2.27. The Morgan fingerprint density at radius 1 is 1.46 bits per heavy atom. The maximum Gasteiger partial charge on any atom is 0.435 e. The van der Waals surface area contributed by atoms with Crippen LogP contribution in [0.2, 0.25) is 0 Å². The van der Waals surface area contributed by atoms with Gasteiger partial charge in [-0.3, -0.25) is 4.68 Å². The monoisotopic (exact) mass is 593 g/mol. The van der Waals surface area contributed by atoms with Gasteiger partial charge in [-0.2, -0.15) is 16.7 Å². The molecule has 0 bridgehead atoms. The van der Waals surface area contributed by atoms with Gasteiger partial charge in [0.2, 0.25) is 0 Å². The van der Waals surface area contributed by atoms with E-state index in [1.54, 1.807) is 41.4 Å². The van der Waals surface area contributed by atoms with E-state index in [4.69, 9.17) is 14.5 Å². The van der Waals surface area contributed by atoms with E-state index in [2.05, 4.69) is 43.4 Å². The first-order chi connectivity index (χ1) is 13.1. The third-order valence-corrected chi connectivity index (χ3v) is 5.92. The molecule has 11 heteroatoms. The number of aliphatic hydroxyl groups excluding tert-OH is 1. The predicted octanol–water partition coefficient (Wildman–Crippen LogP) is 4.74. The van der Waals surface area contributed by atoms with Crippen molar-refractivity contribution >= 4 is 60.1 Å². The van der Waals surface area contributed by atoms with Gasteiger partial charge < -0.3 is 19.4 Å². The lowest BCUT2D eigenvalue weighted by atomic mass is 10.2. The Bertz CT molecular complexity index is 527. The largest absolute Gasteiger partial charge is 0.444 e. The minimum Gasteiger partial charge on any atom is -0.444 e. The molecule has 0 atom stereocenters. The number of amides is 1. The molecule has 7 nitrogen and oxygen atoms in total. The van der Waals surface area contributed by atoms with Gasteiger partial charge >= 0.3 is 10.1 Å². The second kappa shape index (κ2) is 16.8. The van der Waals surface area contributed by atoms with Gasteiger partial charge in [-0.15, -0.1) is 0 Å². The van der Waals surface area contributed by atoms with Gasteiger partial charge in [0.25, 0.3) is 0 Å². The van der Waals surface area contributed by atoms with Crippen LogP contribution in [0.1, 0.15) is 47.2 Å². The minimum absolute atomic E-state index is 0.0662. The first-order valence-corrected chi connectivity index (χ1v) is 12.2. The lowest BCUT2D eigenvalue weighted by molar-refractivity contribution is 0.0242. The van der Waals surface area contributed by atoms with Gasteiger partial charge in [0.15, 0.2) is 0 Å². The Kier molecular flexibility index (Phi) is 18.1. The number of rotatable bonds is 7. The molecule has 0 aliphatic carbocycles. The zero-order valence-electron chi connectivity index (χ0n) is 18.2. The molecule has 0 fully saturated rings. The van der Waals surface area contributed by atoms with Crippen LogP contribution >= 0.6 is 49.9 Å². The normalized spacial score (nSPS) is 10.2. The van der Waals surface area contributed by atoms with Gasteiger partial charge in [-0.05, 0) is 43.6 Å². The van der Waals surface area contributed by atoms with Crippen LogP contribution < -0.4 is 0 Å². The summed E-state index contributed by atoms with van der Waals surface area (Å²) in [6.45, 7) is 12.5. The number of carbonyl (C=O) groups excluding carboxylic acids is 1. The van der Waals surface area contributed by atoms with Crippen LogP contribution in [0.25, 0.3) is 0 Å². The fourth-order valence-electron chi connectivity index (χ4n) is 1.68. The van der Waals surface area contributed by atoms with Gasteiger partial charge in [0.1, 0.15) is 5.60 Å². The summed E-state index contributed by atoms with van der Waals surface area (Å²) in [5.74, 6) is 0.760. The van der Waals surface area contributed by atoms with Crippen molar-refractivity contribution in [1.82, 2.24) is 14.7 Å². The van der Waals surface area contributed by atoms with Crippen LogP contribution in [0.15, 0.2) is 10.7 Å². The summed E-state index contributed by atoms with van der Waals surface area (Å²) < 4.78 is 13.4. The molecule has 1 amide bonds. The lowest BCUT2D eigenvalue weighted by Crippen LogP contribution is -2.38. The molecule has 0 aromatic carbocycles. The summed E-state index contributed by atoms with van der Waals surface area (Å²) in [5, 5.41) is 11.8. The Balaban J connectivity index is 0. The second-order valence-corrected chi connectivity index (χ2v) is 10.2. The highest BCUT2D eigenvalue weighted by atomic mass is 127. The Morgan fingerprint density at radius 3 is 2.39 bits per heavy atom. The predicted molar refractivity (Wildman–Crippen MR) is 131 cm³/mol. The van der Waals surface area contributed by atoms with E-state index < -0.39 is 5.60 Å². The van der Waals surface area contributed by atoms with Crippen molar-refractivity contribution in [1.29, 1.82) is 0 Å². The molecule has 28 heavy (non-hydrogen) atoms. The van der Waals surface area contributed by atoms with E-state index in [0.717, 1.165) is 15.9 Å². The highest BCUT2D eigenvalue weighted by Gasteiger charge is 2.24. The van der Waals surface area contributed by atoms with E-state index in [1.807, 2.05) is 41.7 Å². The Hall–Kier alpha value is 0.0249. The molecular weight excluding hydrogens is 560 g/mol. The average Bonchev–Trinajstić information content (AvgIpc) is 2.93. The van der Waals surface area contributed by atoms with Gasteiger partial charge in [-0.25, -0.2) is 4.79 Å². The van der Waals surface area contributed by atoms with E-state index in [-0.39, 0.29) is 16.8 Å². The molecule has 0 saturated heterocycles. The number of hydrogen-bond acceptors (Lipinski definition) is 6. The highest BCUT2D eigenvalue weighted by Crippen LogP contribution is 2.20. The van der Waals surface area contributed by atoms with Gasteiger partial charge in [-0.1, -0.05) is 36.2 Å². The zero-order chi connectivity index (χ0) is 22.3. The minimum atomic E-state index is -0.523. The smallest absolute Gasteiger partial charge is 0.435 e. The van der Waals surface area contributed by atoms with Crippen molar-refractivity contribution in [2.45, 2.75) is 53.7 Å². The molecule has 0 saturated carbocycles. The van der Waals surface area contributed by atoms with Crippen molar-refractivity contribution in [3.8, 4) is 0 Å². The standard InChI is InChI=1S/C13H22BBrIN3O3S.C2H6O.C2H6/c1-13(2,3)22-12(20)19(6-7-23-14(16)21-5)9-11-10(15)8-17-18(11)4;1-2-3;1-2/h8H,6-7,9H2,1-5H3;3H,2H2,1H3;1-2H3. The van der Waals surface area contributed by atoms with E-state index in [0.29, 0.717) is 13.1 Å². The number of hydrogen-bond donors (Lipinski definition) is 1. The van der Waals surface area contributed by atoms with E-state index >= 15 is 0 Å². The summed E-state index contributed by atoms with van der Waals surface area (Å²) in [4.78, 5) is 14.2. The number of nitrogens with zero attached hydrogens (tertiary/aromatic N) is 3. The molecule has 1 aromatic rings. The van der Waals surface area contributed by atoms with Crippen molar-refractivity contribution in [2.24, 2.45) is 7.05 Å². The summed E-state index contributed by atoms with van der Waals surface area (Å²) in [7, 11) is 3.52. The number of ether oxygens (including phenoxy) is 1. The summed E-state index contributed by atoms with van der Waals surface area (Å²) in [5.41, 5.74) is 0.406. The number of carbonyl (C=O) groups is 1. The molecule has 0 aliphatic heterocycles. The Morgan fingerprint density at radius 2 is 2.00 bits per heavy atom. The first-order valence-electron chi connectivity index (χ1n) is 9.09. The molecule has 0 unspecified atom stereocenters. The van der Waals surface area contributed by atoms with Crippen LogP contribution in [0, 0.1) is 0 Å². The van der Waals surface area contributed by atoms with Gasteiger partial charge in [0, 0.05) is 33.1 Å². The molecule has 1 N–H and O–H groups in total. The zero-order valence-corrected chi connectivity index (χ0v) is 22.7. The number of aryl methyl sites for hydroxylation is 1. The summed E-state index contributed by atoms with van der Waals surface area (Å²) >= 11 is 7.32. The summed E-state index contributed by atoms with van der Waals surface area (Å²) in [6, 6.07) is 0. The third-order valence-electron chi connectivity index (χ3n) is 2.80. The fourth-order valence-corrected chi connectivity index (χ4v) is 3.56. The second-order valence-electron chi connectivity index (χ2n) is 6.16. The molecule has 1 rings (SSSR count). The number of aliphatic hydroxyl groups is 1. The SMILES string of the molecule is CC.CCO.COB(I)SCCN(Cc1c(Br)cnn1C)C(=O)OC(C)(C)C. The van der Waals surface area contributed by atoms with Gasteiger partial charge in [0.05, 0.1) is 22.9 Å². The number of aromatic nitrogens is 2. The molecule has 164 valence electrons. The van der Waals surface area contributed by atoms with Crippen molar-refractivity contribution in [3.05, 3.63) is 16.4 Å². The number of halogens is 2. The highest BCUT2D eigenvalue weighted by molar-refractivity contribution is 14.1. The molecule has 0 radical (unpaired) electrons.